The zero-order chi connectivity index (χ0) is 22.8. The molecule has 4 atom stereocenters. The second kappa shape index (κ2) is 6.83. The van der Waals surface area contributed by atoms with Gasteiger partial charge in [0, 0.05) is 0 Å². The molecule has 10 heteroatoms. The molecule has 10 nitrogen and oxygen atoms in total. The van der Waals surface area contributed by atoms with Gasteiger partial charge in [-0.1, -0.05) is 39.8 Å². The van der Waals surface area contributed by atoms with E-state index in [1.807, 2.05) is 19.1 Å². The maximum absolute atomic E-state index is 12.8. The minimum Gasteiger partial charge on any atom is -0.449 e. The number of aliphatic hydroxyl groups is 2. The summed E-state index contributed by atoms with van der Waals surface area (Å²) >= 11 is 0. The smallest absolute Gasteiger partial charge is 0.346 e. The normalized spacial score (nSPS) is 31.3. The van der Waals surface area contributed by atoms with Crippen LogP contribution in [-0.2, 0) is 10.2 Å². The molecule has 168 valence electrons. The van der Waals surface area contributed by atoms with Gasteiger partial charge in [0.25, 0.3) is 5.79 Å². The van der Waals surface area contributed by atoms with Crippen LogP contribution in [0.2, 0.25) is 0 Å². The predicted molar refractivity (Wildman–Crippen MR) is 114 cm³/mol. The zero-order valence-electron chi connectivity index (χ0n) is 18.2. The molecule has 3 aliphatic rings. The van der Waals surface area contributed by atoms with Crippen LogP contribution in [-0.4, -0.2) is 68.9 Å². The van der Waals surface area contributed by atoms with E-state index in [0.29, 0.717) is 12.0 Å². The van der Waals surface area contributed by atoms with Crippen molar-refractivity contribution < 1.29 is 24.3 Å². The maximum atomic E-state index is 12.8. The van der Waals surface area contributed by atoms with Gasteiger partial charge in [0.15, 0.2) is 12.1 Å². The number of esters is 1. The summed E-state index contributed by atoms with van der Waals surface area (Å²) in [5.41, 5.74) is 11.9. The number of nitrogens with two attached hydrogens (primary N) is 2. The van der Waals surface area contributed by atoms with Crippen LogP contribution < -0.4 is 22.1 Å². The minimum absolute atomic E-state index is 0.0413. The number of hydrogen-bond donors (Lipinski definition) is 6. The quantitative estimate of drug-likeness (QED) is 0.200. The van der Waals surface area contributed by atoms with Crippen molar-refractivity contribution in [1.29, 1.82) is 0 Å². The molecule has 0 aromatic heterocycles. The molecule has 0 radical (unpaired) electrons. The molecule has 0 aliphatic carbocycles. The fourth-order valence-corrected chi connectivity index (χ4v) is 4.73. The van der Waals surface area contributed by atoms with Crippen LogP contribution in [0.1, 0.15) is 50.0 Å². The van der Waals surface area contributed by atoms with Gasteiger partial charge in [-0.25, -0.2) is 14.4 Å². The highest BCUT2D eigenvalue weighted by Crippen LogP contribution is 2.43. The molecular weight excluding hydrogens is 400 g/mol. The summed E-state index contributed by atoms with van der Waals surface area (Å²) in [6, 6.07) is 6.16. The number of nitrogens with one attached hydrogen (secondary N) is 2. The van der Waals surface area contributed by atoms with Crippen molar-refractivity contribution in [1.82, 2.24) is 10.6 Å². The molecule has 0 bridgehead atoms. The fraction of sp³-hybridized carbons (Fsp3) is 0.571. The maximum Gasteiger partial charge on any atom is 0.346 e. The lowest BCUT2D eigenvalue weighted by atomic mass is 9.85. The van der Waals surface area contributed by atoms with Gasteiger partial charge >= 0.3 is 11.9 Å². The Labute approximate surface area is 181 Å². The largest absolute Gasteiger partial charge is 0.449 e. The molecule has 0 unspecified atom stereocenters. The van der Waals surface area contributed by atoms with Gasteiger partial charge in [-0.2, -0.15) is 0 Å². The summed E-state index contributed by atoms with van der Waals surface area (Å²) < 4.78 is 7.11. The first-order valence-corrected chi connectivity index (χ1v) is 10.5. The summed E-state index contributed by atoms with van der Waals surface area (Å²) in [6.45, 7) is 8.13. The third-order valence-electron chi connectivity index (χ3n) is 6.49. The van der Waals surface area contributed by atoms with Crippen molar-refractivity contribution in [2.75, 3.05) is 6.54 Å². The highest BCUT2D eigenvalue weighted by atomic mass is 16.6. The van der Waals surface area contributed by atoms with Crippen molar-refractivity contribution in [3.05, 3.63) is 35.4 Å². The van der Waals surface area contributed by atoms with E-state index in [-0.39, 0.29) is 29.9 Å². The van der Waals surface area contributed by atoms with Crippen LogP contribution in [0.5, 0.6) is 0 Å². The Hall–Kier alpha value is -2.85. The van der Waals surface area contributed by atoms with Gasteiger partial charge in [-0.05, 0) is 29.5 Å². The first kappa shape index (κ1) is 21.4. The third-order valence-corrected chi connectivity index (χ3v) is 6.49. The molecule has 1 aromatic rings. The van der Waals surface area contributed by atoms with Gasteiger partial charge in [0.05, 0.1) is 5.56 Å². The molecular formula is C21H31N6O4+. The van der Waals surface area contributed by atoms with Gasteiger partial charge in [-0.15, -0.1) is 0 Å². The first-order valence-electron chi connectivity index (χ1n) is 10.5. The van der Waals surface area contributed by atoms with Crippen molar-refractivity contribution >= 4 is 17.9 Å². The molecule has 1 spiro atoms. The van der Waals surface area contributed by atoms with Crippen LogP contribution in [0.15, 0.2) is 29.3 Å². The summed E-state index contributed by atoms with van der Waals surface area (Å²) in [4.78, 5) is 17.2. The molecule has 8 N–H and O–H groups in total. The van der Waals surface area contributed by atoms with Gasteiger partial charge in [0.1, 0.15) is 18.6 Å². The third kappa shape index (κ3) is 3.04. The number of carbonyl (C=O) groups is 1. The molecule has 1 saturated heterocycles. The van der Waals surface area contributed by atoms with E-state index in [1.54, 1.807) is 12.1 Å². The monoisotopic (exact) mass is 431 g/mol. The number of rotatable bonds is 3. The topological polar surface area (TPSA) is 158 Å². The van der Waals surface area contributed by atoms with Crippen LogP contribution in [0.3, 0.4) is 0 Å². The molecule has 4 rings (SSSR count). The predicted octanol–water partition coefficient (Wildman–Crippen LogP) is -1.10. The fourth-order valence-electron chi connectivity index (χ4n) is 4.73. The molecule has 3 heterocycles. The molecule has 0 saturated carbocycles. The number of benzene rings is 1. The highest BCUT2D eigenvalue weighted by Gasteiger charge is 2.75. The Kier molecular flexibility index (Phi) is 4.71. The molecule has 3 aliphatic heterocycles. The Morgan fingerprint density at radius 2 is 1.94 bits per heavy atom. The second-order valence-electron chi connectivity index (χ2n) is 9.45. The summed E-state index contributed by atoms with van der Waals surface area (Å²) in [6.07, 6.45) is -0.658. The molecule has 1 fully saturated rings. The number of aliphatic imine (C=N–C) groups is 1. The van der Waals surface area contributed by atoms with E-state index in [0.717, 1.165) is 5.56 Å². The van der Waals surface area contributed by atoms with Crippen molar-refractivity contribution in [2.24, 2.45) is 16.5 Å². The molecule has 0 amide bonds. The van der Waals surface area contributed by atoms with E-state index < -0.39 is 29.6 Å². The van der Waals surface area contributed by atoms with Crippen LogP contribution >= 0.6 is 0 Å². The van der Waals surface area contributed by atoms with Gasteiger partial charge in [0.2, 0.25) is 5.66 Å². The Balaban J connectivity index is 1.63. The average Bonchev–Trinajstić information content (AvgIpc) is 3.16. The van der Waals surface area contributed by atoms with Crippen molar-refractivity contribution in [3.63, 3.8) is 0 Å². The Morgan fingerprint density at radius 1 is 1.29 bits per heavy atom. The SMILES string of the molecule is CC[C@@H]1NC(N)=[N+]2C[C@H](OC(=O)c3ccc(C(C)(C)C)cc3)C(O)(O)[C@@]23NC(N)=N[C@@H]13. The number of nitrogens with zero attached hydrogens (tertiary/aromatic N) is 2. The number of hydrogen-bond acceptors (Lipinski definition) is 9. The lowest BCUT2D eigenvalue weighted by molar-refractivity contribution is -0.623. The van der Waals surface area contributed by atoms with Crippen LogP contribution in [0.4, 0.5) is 0 Å². The lowest BCUT2D eigenvalue weighted by Crippen LogP contribution is -2.78. The van der Waals surface area contributed by atoms with E-state index in [1.165, 1.54) is 4.58 Å². The standard InChI is InChI=1S/C21H30N6O4/c1-5-13-15-20(26-17(22)25-15)21(29,30)14(10-27(20)18(23)24-13)31-16(28)11-6-8-12(9-7-11)19(2,3)4/h6-9,13-15,29-30H,5,10H2,1-4H3,(H5,22,23,24,25,26)/p+1/t13-,14-,15-,20-/m0/s1. The van der Waals surface area contributed by atoms with Crippen LogP contribution in [0.25, 0.3) is 0 Å². The van der Waals surface area contributed by atoms with E-state index in [4.69, 9.17) is 16.2 Å². The lowest BCUT2D eigenvalue weighted by Gasteiger charge is -2.43. The summed E-state index contributed by atoms with van der Waals surface area (Å²) in [5, 5.41) is 28.6. The Morgan fingerprint density at radius 3 is 2.52 bits per heavy atom. The summed E-state index contributed by atoms with van der Waals surface area (Å²) in [7, 11) is 0. The van der Waals surface area contributed by atoms with Crippen molar-refractivity contribution in [2.45, 2.75) is 69.2 Å². The van der Waals surface area contributed by atoms with E-state index in [2.05, 4.69) is 36.4 Å². The average molecular weight is 432 g/mol. The van der Waals surface area contributed by atoms with Crippen LogP contribution in [0, 0.1) is 0 Å². The zero-order valence-corrected chi connectivity index (χ0v) is 18.2. The number of ether oxygens (including phenoxy) is 1. The first-order chi connectivity index (χ1) is 14.4. The molecule has 1 aromatic carbocycles. The van der Waals surface area contributed by atoms with Gasteiger partial charge < -0.3 is 26.0 Å². The number of carbonyl (C=O) groups excluding carboxylic acids is 1. The molecule has 31 heavy (non-hydrogen) atoms. The highest BCUT2D eigenvalue weighted by molar-refractivity contribution is 5.89. The minimum atomic E-state index is -2.50. The Bertz CT molecular complexity index is 965. The van der Waals surface area contributed by atoms with Gasteiger partial charge in [-0.3, -0.25) is 11.1 Å². The van der Waals surface area contributed by atoms with Crippen molar-refractivity contribution in [3.8, 4) is 0 Å². The summed E-state index contributed by atoms with van der Waals surface area (Å²) in [5.74, 6) is -2.84. The van der Waals surface area contributed by atoms with E-state index in [9.17, 15) is 15.0 Å². The number of guanidine groups is 2. The second-order valence-corrected chi connectivity index (χ2v) is 9.45. The van der Waals surface area contributed by atoms with E-state index >= 15 is 0 Å².